The van der Waals surface area contributed by atoms with Gasteiger partial charge in [-0.3, -0.25) is 0 Å². The van der Waals surface area contributed by atoms with Gasteiger partial charge in [0.25, 0.3) is 0 Å². The number of rotatable bonds is 3. The van der Waals surface area contributed by atoms with Crippen molar-refractivity contribution in [3.8, 4) is 0 Å². The summed E-state index contributed by atoms with van der Waals surface area (Å²) < 4.78 is 5.39. The van der Waals surface area contributed by atoms with Crippen LogP contribution in [-0.4, -0.2) is 31.8 Å². The molecule has 3 nitrogen and oxygen atoms in total. The van der Waals surface area contributed by atoms with Crippen LogP contribution in [0.5, 0.6) is 0 Å². The molecule has 0 aromatic carbocycles. The molecule has 3 heteroatoms. The van der Waals surface area contributed by atoms with Crippen molar-refractivity contribution in [1.29, 1.82) is 0 Å². The van der Waals surface area contributed by atoms with Crippen LogP contribution in [0.3, 0.4) is 0 Å². The molecule has 3 N–H and O–H groups in total. The highest BCUT2D eigenvalue weighted by Crippen LogP contribution is 2.23. The van der Waals surface area contributed by atoms with E-state index in [0.717, 1.165) is 31.7 Å². The van der Waals surface area contributed by atoms with Crippen molar-refractivity contribution in [3.05, 3.63) is 0 Å². The molecule has 0 bridgehead atoms. The van der Waals surface area contributed by atoms with E-state index in [9.17, 15) is 0 Å². The lowest BCUT2D eigenvalue weighted by Gasteiger charge is -2.20. The first-order valence-corrected chi connectivity index (χ1v) is 6.82. The van der Waals surface area contributed by atoms with Crippen molar-refractivity contribution in [2.24, 2.45) is 17.6 Å². The van der Waals surface area contributed by atoms with Gasteiger partial charge in [0.2, 0.25) is 0 Å². The largest absolute Gasteiger partial charge is 0.379 e. The lowest BCUT2D eigenvalue weighted by Crippen LogP contribution is -2.40. The Balaban J connectivity index is 1.68. The van der Waals surface area contributed by atoms with Crippen LogP contribution < -0.4 is 11.1 Å². The van der Waals surface area contributed by atoms with Crippen molar-refractivity contribution >= 4 is 0 Å². The Morgan fingerprint density at radius 3 is 2.81 bits per heavy atom. The van der Waals surface area contributed by atoms with Gasteiger partial charge in [0, 0.05) is 24.5 Å². The predicted molar refractivity (Wildman–Crippen MR) is 66.3 cm³/mol. The number of hydrogen-bond acceptors (Lipinski definition) is 3. The average molecular weight is 226 g/mol. The van der Waals surface area contributed by atoms with Gasteiger partial charge in [0.05, 0.1) is 13.2 Å². The Labute approximate surface area is 99.1 Å². The maximum atomic E-state index is 5.98. The summed E-state index contributed by atoms with van der Waals surface area (Å²) in [6, 6.07) is 0.968. The molecule has 1 heterocycles. The fourth-order valence-corrected chi connectivity index (χ4v) is 2.83. The third-order valence-electron chi connectivity index (χ3n) is 4.17. The summed E-state index contributed by atoms with van der Waals surface area (Å²) >= 11 is 0. The standard InChI is InChI=1S/C13H26N2O/c1-10-3-2-4-12(6-5-10)15-7-11-8-16-9-13(11)14/h10-13,15H,2-9,14H2,1H3. The molecule has 0 amide bonds. The molecule has 0 aromatic rings. The third-order valence-corrected chi connectivity index (χ3v) is 4.17. The maximum Gasteiger partial charge on any atom is 0.0621 e. The van der Waals surface area contributed by atoms with Crippen LogP contribution in [0, 0.1) is 11.8 Å². The maximum absolute atomic E-state index is 5.98. The molecule has 2 rings (SSSR count). The van der Waals surface area contributed by atoms with Gasteiger partial charge in [-0.2, -0.15) is 0 Å². The van der Waals surface area contributed by atoms with Crippen LogP contribution in [0.4, 0.5) is 0 Å². The van der Waals surface area contributed by atoms with E-state index in [1.54, 1.807) is 0 Å². The molecule has 2 fully saturated rings. The highest BCUT2D eigenvalue weighted by atomic mass is 16.5. The Morgan fingerprint density at radius 2 is 2.06 bits per heavy atom. The quantitative estimate of drug-likeness (QED) is 0.717. The second-order valence-electron chi connectivity index (χ2n) is 5.68. The van der Waals surface area contributed by atoms with Gasteiger partial charge in [-0.1, -0.05) is 19.8 Å². The summed E-state index contributed by atoms with van der Waals surface area (Å²) in [5, 5.41) is 3.69. The molecule has 1 saturated carbocycles. The predicted octanol–water partition coefficient (Wildman–Crippen LogP) is 1.52. The summed E-state index contributed by atoms with van der Waals surface area (Å²) in [6.07, 6.45) is 6.85. The third kappa shape index (κ3) is 3.44. The first-order valence-electron chi connectivity index (χ1n) is 6.82. The first-order chi connectivity index (χ1) is 7.75. The van der Waals surface area contributed by atoms with Crippen LogP contribution >= 0.6 is 0 Å². The van der Waals surface area contributed by atoms with E-state index in [2.05, 4.69) is 12.2 Å². The second-order valence-corrected chi connectivity index (χ2v) is 5.68. The molecule has 0 radical (unpaired) electrons. The summed E-state index contributed by atoms with van der Waals surface area (Å²) in [4.78, 5) is 0. The molecular formula is C13H26N2O. The zero-order valence-electron chi connectivity index (χ0n) is 10.5. The molecule has 1 saturated heterocycles. The van der Waals surface area contributed by atoms with Gasteiger partial charge in [0.15, 0.2) is 0 Å². The van der Waals surface area contributed by atoms with Gasteiger partial charge in [-0.05, 0) is 25.2 Å². The Hall–Kier alpha value is -0.120. The van der Waals surface area contributed by atoms with Crippen LogP contribution in [-0.2, 0) is 4.74 Å². The Bertz CT molecular complexity index is 210. The van der Waals surface area contributed by atoms with E-state index < -0.39 is 0 Å². The summed E-state index contributed by atoms with van der Waals surface area (Å²) in [5.74, 6) is 1.45. The Kier molecular flexibility index (Phi) is 4.62. The van der Waals surface area contributed by atoms with Gasteiger partial charge in [-0.15, -0.1) is 0 Å². The SMILES string of the molecule is CC1CCCC(NCC2COCC2N)CC1. The Morgan fingerprint density at radius 1 is 1.19 bits per heavy atom. The van der Waals surface area contributed by atoms with Crippen LogP contribution in [0.25, 0.3) is 0 Å². The van der Waals surface area contributed by atoms with Gasteiger partial charge in [0.1, 0.15) is 0 Å². The highest BCUT2D eigenvalue weighted by molar-refractivity contribution is 4.82. The van der Waals surface area contributed by atoms with Crippen molar-refractivity contribution in [1.82, 2.24) is 5.32 Å². The molecule has 0 aromatic heterocycles. The summed E-state index contributed by atoms with van der Waals surface area (Å²) in [5.41, 5.74) is 5.98. The minimum Gasteiger partial charge on any atom is -0.379 e. The molecular weight excluding hydrogens is 200 g/mol. The van der Waals surface area contributed by atoms with Crippen LogP contribution in [0.1, 0.15) is 39.0 Å². The highest BCUT2D eigenvalue weighted by Gasteiger charge is 2.25. The zero-order chi connectivity index (χ0) is 11.4. The summed E-state index contributed by atoms with van der Waals surface area (Å²) in [7, 11) is 0. The smallest absolute Gasteiger partial charge is 0.0621 e. The lowest BCUT2D eigenvalue weighted by atomic mass is 10.0. The van der Waals surface area contributed by atoms with Crippen LogP contribution in [0.15, 0.2) is 0 Å². The molecule has 1 aliphatic carbocycles. The monoisotopic (exact) mass is 226 g/mol. The van der Waals surface area contributed by atoms with Crippen molar-refractivity contribution in [2.45, 2.75) is 51.1 Å². The van der Waals surface area contributed by atoms with E-state index in [-0.39, 0.29) is 6.04 Å². The molecule has 1 aliphatic heterocycles. The number of ether oxygens (including phenoxy) is 1. The number of nitrogens with one attached hydrogen (secondary N) is 1. The zero-order valence-corrected chi connectivity index (χ0v) is 10.5. The minimum atomic E-state index is 0.247. The van der Waals surface area contributed by atoms with E-state index in [4.69, 9.17) is 10.5 Å². The molecule has 94 valence electrons. The fraction of sp³-hybridized carbons (Fsp3) is 1.00. The van der Waals surface area contributed by atoms with E-state index in [1.807, 2.05) is 0 Å². The normalized spacial score (nSPS) is 40.9. The van der Waals surface area contributed by atoms with Gasteiger partial charge in [-0.25, -0.2) is 0 Å². The van der Waals surface area contributed by atoms with Crippen LogP contribution in [0.2, 0.25) is 0 Å². The molecule has 4 atom stereocenters. The lowest BCUT2D eigenvalue weighted by molar-refractivity contribution is 0.183. The van der Waals surface area contributed by atoms with Crippen molar-refractivity contribution in [2.75, 3.05) is 19.8 Å². The van der Waals surface area contributed by atoms with Crippen molar-refractivity contribution in [3.63, 3.8) is 0 Å². The molecule has 0 spiro atoms. The number of nitrogens with two attached hydrogens (primary N) is 1. The van der Waals surface area contributed by atoms with Gasteiger partial charge >= 0.3 is 0 Å². The molecule has 16 heavy (non-hydrogen) atoms. The summed E-state index contributed by atoms with van der Waals surface area (Å²) in [6.45, 7) is 5.01. The van der Waals surface area contributed by atoms with Crippen molar-refractivity contribution < 1.29 is 4.74 Å². The fourth-order valence-electron chi connectivity index (χ4n) is 2.83. The number of hydrogen-bond donors (Lipinski definition) is 2. The molecule has 2 aliphatic rings. The first kappa shape index (κ1) is 12.3. The molecule has 4 unspecified atom stereocenters. The van der Waals surface area contributed by atoms with E-state index in [1.165, 1.54) is 32.1 Å². The van der Waals surface area contributed by atoms with E-state index >= 15 is 0 Å². The minimum absolute atomic E-state index is 0.247. The van der Waals surface area contributed by atoms with Gasteiger partial charge < -0.3 is 15.8 Å². The topological polar surface area (TPSA) is 47.3 Å². The van der Waals surface area contributed by atoms with E-state index in [0.29, 0.717) is 5.92 Å². The second kappa shape index (κ2) is 5.99. The average Bonchev–Trinajstić information content (AvgIpc) is 2.55.